The van der Waals surface area contributed by atoms with Gasteiger partial charge in [0, 0.05) is 16.9 Å². The van der Waals surface area contributed by atoms with E-state index >= 15 is 0 Å². The minimum absolute atomic E-state index is 0.330. The average Bonchev–Trinajstić information content (AvgIpc) is 3.18. The first kappa shape index (κ1) is 20.7. The highest BCUT2D eigenvalue weighted by Gasteiger charge is 2.19. The number of aryl methyl sites for hydroxylation is 1. The molecule has 0 aliphatic heterocycles. The van der Waals surface area contributed by atoms with E-state index in [4.69, 9.17) is 11.6 Å². The van der Waals surface area contributed by atoms with Crippen molar-refractivity contribution in [3.63, 3.8) is 0 Å². The van der Waals surface area contributed by atoms with Crippen molar-refractivity contribution in [2.45, 2.75) is 6.92 Å². The minimum atomic E-state index is -0.339. The zero-order chi connectivity index (χ0) is 21.8. The van der Waals surface area contributed by atoms with E-state index in [2.05, 4.69) is 20.6 Å². The summed E-state index contributed by atoms with van der Waals surface area (Å²) in [6, 6.07) is 19.2. The molecule has 2 N–H and O–H groups in total. The number of nitrogens with zero attached hydrogens (tertiary/aromatic N) is 2. The van der Waals surface area contributed by atoms with Crippen molar-refractivity contribution in [3.05, 3.63) is 94.1 Å². The van der Waals surface area contributed by atoms with Gasteiger partial charge in [-0.3, -0.25) is 14.6 Å². The van der Waals surface area contributed by atoms with E-state index in [1.54, 1.807) is 61.7 Å². The summed E-state index contributed by atoms with van der Waals surface area (Å²) < 4.78 is 0. The highest BCUT2D eigenvalue weighted by atomic mass is 35.5. The molecule has 0 aliphatic rings. The lowest BCUT2D eigenvalue weighted by molar-refractivity contribution is 0.102. The van der Waals surface area contributed by atoms with Crippen molar-refractivity contribution < 1.29 is 9.59 Å². The van der Waals surface area contributed by atoms with Crippen LogP contribution in [0.1, 0.15) is 25.7 Å². The lowest BCUT2D eigenvalue weighted by atomic mass is 10.1. The topological polar surface area (TPSA) is 84.0 Å². The van der Waals surface area contributed by atoms with Gasteiger partial charge in [-0.1, -0.05) is 29.8 Å². The Bertz CT molecular complexity index is 1240. The monoisotopic (exact) mass is 448 g/mol. The van der Waals surface area contributed by atoms with Gasteiger partial charge in [0.2, 0.25) is 0 Å². The summed E-state index contributed by atoms with van der Waals surface area (Å²) in [6.45, 7) is 1.77. The first-order valence-electron chi connectivity index (χ1n) is 9.37. The normalized spacial score (nSPS) is 10.5. The molecule has 0 atom stereocenters. The number of carbonyl (C=O) groups excluding carboxylic acids is 2. The Kier molecular flexibility index (Phi) is 6.06. The quantitative estimate of drug-likeness (QED) is 0.412. The van der Waals surface area contributed by atoms with E-state index in [1.807, 2.05) is 18.2 Å². The number of aromatic nitrogens is 2. The van der Waals surface area contributed by atoms with Gasteiger partial charge >= 0.3 is 0 Å². The summed E-state index contributed by atoms with van der Waals surface area (Å²) in [6.07, 6.45) is 1.68. The summed E-state index contributed by atoms with van der Waals surface area (Å²) in [4.78, 5) is 34.9. The third-order valence-corrected chi connectivity index (χ3v) is 5.84. The Morgan fingerprint density at radius 1 is 0.903 bits per heavy atom. The molecule has 4 rings (SSSR count). The number of carbonyl (C=O) groups is 2. The van der Waals surface area contributed by atoms with E-state index < -0.39 is 0 Å². The molecule has 0 radical (unpaired) electrons. The summed E-state index contributed by atoms with van der Waals surface area (Å²) in [5, 5.41) is 6.89. The summed E-state index contributed by atoms with van der Waals surface area (Å²) in [7, 11) is 0. The minimum Gasteiger partial charge on any atom is -0.322 e. The third-order valence-electron chi connectivity index (χ3n) is 4.41. The Morgan fingerprint density at radius 2 is 1.65 bits per heavy atom. The van der Waals surface area contributed by atoms with Crippen molar-refractivity contribution >= 4 is 46.1 Å². The SMILES string of the molecule is Cc1nc(-c2ccccn2)sc1C(=O)Nc1ccccc1C(=O)Nc1ccc(Cl)cc1. The Labute approximate surface area is 188 Å². The van der Waals surface area contributed by atoms with Crippen LogP contribution in [0.15, 0.2) is 72.9 Å². The molecule has 4 aromatic rings. The molecule has 154 valence electrons. The first-order valence-corrected chi connectivity index (χ1v) is 10.6. The molecule has 6 nitrogen and oxygen atoms in total. The van der Waals surface area contributed by atoms with Gasteiger partial charge in [-0.15, -0.1) is 11.3 Å². The molecule has 2 aromatic heterocycles. The van der Waals surface area contributed by atoms with Crippen LogP contribution in [0.25, 0.3) is 10.7 Å². The van der Waals surface area contributed by atoms with E-state index in [0.29, 0.717) is 43.2 Å². The molecule has 0 saturated heterocycles. The molecule has 2 amide bonds. The van der Waals surface area contributed by atoms with Crippen LogP contribution in [0.3, 0.4) is 0 Å². The highest BCUT2D eigenvalue weighted by molar-refractivity contribution is 7.17. The lowest BCUT2D eigenvalue weighted by Crippen LogP contribution is -2.18. The second-order valence-electron chi connectivity index (χ2n) is 6.61. The van der Waals surface area contributed by atoms with E-state index in [1.165, 1.54) is 11.3 Å². The zero-order valence-electron chi connectivity index (χ0n) is 16.4. The molecule has 31 heavy (non-hydrogen) atoms. The number of hydrogen-bond donors (Lipinski definition) is 2. The summed E-state index contributed by atoms with van der Waals surface area (Å²) in [5.74, 6) is -0.669. The van der Waals surface area contributed by atoms with Crippen molar-refractivity contribution in [2.75, 3.05) is 10.6 Å². The van der Waals surface area contributed by atoms with Crippen LogP contribution >= 0.6 is 22.9 Å². The molecule has 0 saturated carbocycles. The predicted octanol–water partition coefficient (Wildman–Crippen LogP) is 5.67. The predicted molar refractivity (Wildman–Crippen MR) is 124 cm³/mol. The van der Waals surface area contributed by atoms with Crippen LogP contribution in [0.2, 0.25) is 5.02 Å². The van der Waals surface area contributed by atoms with Crippen LogP contribution in [-0.2, 0) is 0 Å². The molecule has 0 aliphatic carbocycles. The molecule has 2 heterocycles. The first-order chi connectivity index (χ1) is 15.0. The molecule has 2 aromatic carbocycles. The van der Waals surface area contributed by atoms with Crippen molar-refractivity contribution in [3.8, 4) is 10.7 Å². The number of para-hydroxylation sites is 1. The van der Waals surface area contributed by atoms with Gasteiger partial charge in [-0.05, 0) is 55.5 Å². The van der Waals surface area contributed by atoms with Crippen LogP contribution in [-0.4, -0.2) is 21.8 Å². The van der Waals surface area contributed by atoms with Crippen molar-refractivity contribution in [1.82, 2.24) is 9.97 Å². The maximum absolute atomic E-state index is 12.9. The number of pyridine rings is 1. The number of benzene rings is 2. The Morgan fingerprint density at radius 3 is 2.39 bits per heavy atom. The second-order valence-corrected chi connectivity index (χ2v) is 8.04. The van der Waals surface area contributed by atoms with Gasteiger partial charge < -0.3 is 10.6 Å². The van der Waals surface area contributed by atoms with Gasteiger partial charge in [0.25, 0.3) is 11.8 Å². The standard InChI is InChI=1S/C23H17ClN4O2S/c1-14-20(31-23(26-14)19-8-4-5-13-25-19)22(30)28-18-7-3-2-6-17(18)21(29)27-16-11-9-15(24)10-12-16/h2-13H,1H3,(H,27,29)(H,28,30). The molecule has 0 spiro atoms. The van der Waals surface area contributed by atoms with Gasteiger partial charge in [-0.25, -0.2) is 4.98 Å². The maximum Gasteiger partial charge on any atom is 0.267 e. The number of hydrogen-bond acceptors (Lipinski definition) is 5. The fourth-order valence-corrected chi connectivity index (χ4v) is 3.97. The Balaban J connectivity index is 1.55. The van der Waals surface area contributed by atoms with E-state index in [-0.39, 0.29) is 11.8 Å². The largest absolute Gasteiger partial charge is 0.322 e. The number of thiazole rings is 1. The van der Waals surface area contributed by atoms with Crippen LogP contribution < -0.4 is 10.6 Å². The Hall–Kier alpha value is -3.55. The van der Waals surface area contributed by atoms with E-state index in [9.17, 15) is 9.59 Å². The second kappa shape index (κ2) is 9.07. The van der Waals surface area contributed by atoms with Crippen LogP contribution in [0.5, 0.6) is 0 Å². The summed E-state index contributed by atoms with van der Waals surface area (Å²) in [5.41, 5.74) is 2.67. The average molecular weight is 449 g/mol. The number of rotatable bonds is 5. The van der Waals surface area contributed by atoms with Gasteiger partial charge in [0.1, 0.15) is 9.88 Å². The number of halogens is 1. The highest BCUT2D eigenvalue weighted by Crippen LogP contribution is 2.28. The molecular formula is C23H17ClN4O2S. The molecule has 0 fully saturated rings. The molecule has 0 unspecified atom stereocenters. The van der Waals surface area contributed by atoms with E-state index in [0.717, 1.165) is 0 Å². The number of amides is 2. The van der Waals surface area contributed by atoms with Gasteiger partial charge in [0.05, 0.1) is 22.6 Å². The van der Waals surface area contributed by atoms with Crippen molar-refractivity contribution in [2.24, 2.45) is 0 Å². The van der Waals surface area contributed by atoms with Gasteiger partial charge in [0.15, 0.2) is 0 Å². The molecule has 8 heteroatoms. The zero-order valence-corrected chi connectivity index (χ0v) is 18.0. The number of nitrogens with one attached hydrogen (secondary N) is 2. The fraction of sp³-hybridized carbons (Fsp3) is 0.0435. The van der Waals surface area contributed by atoms with Crippen LogP contribution in [0.4, 0.5) is 11.4 Å². The fourth-order valence-electron chi connectivity index (χ4n) is 2.91. The smallest absolute Gasteiger partial charge is 0.267 e. The van der Waals surface area contributed by atoms with Gasteiger partial charge in [-0.2, -0.15) is 0 Å². The summed E-state index contributed by atoms with van der Waals surface area (Å²) >= 11 is 7.15. The van der Waals surface area contributed by atoms with Crippen molar-refractivity contribution in [1.29, 1.82) is 0 Å². The lowest BCUT2D eigenvalue weighted by Gasteiger charge is -2.11. The number of anilines is 2. The molecular weight excluding hydrogens is 432 g/mol. The molecule has 0 bridgehead atoms. The third kappa shape index (κ3) is 4.79. The maximum atomic E-state index is 12.9. The van der Waals surface area contributed by atoms with Crippen LogP contribution in [0, 0.1) is 6.92 Å².